The lowest BCUT2D eigenvalue weighted by Crippen LogP contribution is -2.16. The minimum Gasteiger partial charge on any atom is -0.476 e. The van der Waals surface area contributed by atoms with Gasteiger partial charge < -0.3 is 20.6 Å². The summed E-state index contributed by atoms with van der Waals surface area (Å²) >= 11 is 11.9. The number of rotatable bonds is 5. The second-order valence-corrected chi connectivity index (χ2v) is 8.90. The summed E-state index contributed by atoms with van der Waals surface area (Å²) in [5.41, 5.74) is 2.55. The molecule has 1 aromatic carbocycles. The quantitative estimate of drug-likeness (QED) is 0.255. The Labute approximate surface area is 229 Å². The Bertz CT molecular complexity index is 1630. The van der Waals surface area contributed by atoms with Gasteiger partial charge in [-0.1, -0.05) is 29.8 Å². The maximum absolute atomic E-state index is 13.7. The number of anilines is 1. The molecule has 2 heterocycles. The number of benzene rings is 1. The number of allylic oxidation sites excluding steroid dienone is 5. The first kappa shape index (κ1) is 29.6. The molecule has 4 rings (SSSR count). The largest absolute Gasteiger partial charge is 0.476 e. The van der Waals surface area contributed by atoms with Crippen LogP contribution < -0.4 is 16.5 Å². The zero-order valence-corrected chi connectivity index (χ0v) is 21.9. The Hall–Kier alpha value is -3.93. The number of nitrogens with two attached hydrogens (primary N) is 1. The molecule has 0 amide bonds. The maximum Gasteiger partial charge on any atom is 0.416 e. The van der Waals surface area contributed by atoms with Gasteiger partial charge in [-0.2, -0.15) is 13.2 Å². The van der Waals surface area contributed by atoms with Crippen molar-refractivity contribution < 1.29 is 27.5 Å². The van der Waals surface area contributed by atoms with Crippen LogP contribution >= 0.6 is 23.2 Å². The van der Waals surface area contributed by atoms with Gasteiger partial charge in [-0.25, -0.2) is 9.78 Å². The minimum absolute atomic E-state index is 0.00288. The molecule has 0 bridgehead atoms. The number of nitrogens with one attached hydrogen (secondary N) is 2. The molecule has 39 heavy (non-hydrogen) atoms. The van der Waals surface area contributed by atoms with Crippen molar-refractivity contribution in [3.05, 3.63) is 97.6 Å². The average molecular weight is 581 g/mol. The van der Waals surface area contributed by atoms with Gasteiger partial charge in [0.25, 0.3) is 0 Å². The second-order valence-electron chi connectivity index (χ2n) is 8.11. The standard InChI is InChI=1S/C25H16Cl2F3N3O4.CH5N/c1-10-5-12(6-16(26)21(10)31)19-9-18(34)15-8-13(25(28,29)30)7-14(23(15)37-19)11(2)32-17-3-4-20(27)33-22(17)24(35)36;1-2/h3-9,11,31-32H,1H2,2H3,(H,35,36);2H2,1H3. The molecule has 0 aliphatic heterocycles. The molecule has 1 unspecified atom stereocenters. The number of carbonyl (C=O) groups is 1. The molecule has 13 heteroatoms. The summed E-state index contributed by atoms with van der Waals surface area (Å²) in [6.07, 6.45) is -1.93. The van der Waals surface area contributed by atoms with E-state index in [-0.39, 0.29) is 49.5 Å². The van der Waals surface area contributed by atoms with Crippen LogP contribution in [0.25, 0.3) is 16.5 Å². The Morgan fingerprint density at radius 1 is 1.21 bits per heavy atom. The smallest absolute Gasteiger partial charge is 0.416 e. The van der Waals surface area contributed by atoms with Crippen molar-refractivity contribution in [3.8, 4) is 0 Å². The molecule has 5 N–H and O–H groups in total. The summed E-state index contributed by atoms with van der Waals surface area (Å²) in [7, 11) is 1.50. The maximum atomic E-state index is 13.7. The van der Waals surface area contributed by atoms with E-state index in [0.717, 1.165) is 12.1 Å². The SMILES string of the molecule is C=C1C=C(c2cc(=O)c3cc(C(F)(F)F)cc(C(C)Nc4ccc(Cl)nc4C(=O)O)c3o2)C=C(Cl)C1=N.CN. The van der Waals surface area contributed by atoms with Crippen LogP contribution in [0.15, 0.2) is 68.9 Å². The van der Waals surface area contributed by atoms with Gasteiger partial charge >= 0.3 is 12.1 Å². The highest BCUT2D eigenvalue weighted by atomic mass is 35.5. The topological polar surface area (TPSA) is 142 Å². The predicted octanol–water partition coefficient (Wildman–Crippen LogP) is 6.40. The van der Waals surface area contributed by atoms with Crippen LogP contribution in [0.3, 0.4) is 0 Å². The first-order chi connectivity index (χ1) is 18.3. The van der Waals surface area contributed by atoms with E-state index in [0.29, 0.717) is 11.6 Å². The first-order valence-electron chi connectivity index (χ1n) is 11.1. The lowest BCUT2D eigenvalue weighted by molar-refractivity contribution is -0.137. The molecule has 3 aromatic rings. The number of pyridine rings is 1. The van der Waals surface area contributed by atoms with Gasteiger partial charge in [0.2, 0.25) is 0 Å². The van der Waals surface area contributed by atoms with E-state index >= 15 is 0 Å². The van der Waals surface area contributed by atoms with Crippen LogP contribution in [-0.4, -0.2) is 28.8 Å². The molecule has 8 nitrogen and oxygen atoms in total. The van der Waals surface area contributed by atoms with Crippen LogP contribution in [0.5, 0.6) is 0 Å². The lowest BCUT2D eigenvalue weighted by atomic mass is 9.97. The summed E-state index contributed by atoms with van der Waals surface area (Å²) < 4.78 is 47.0. The number of carboxylic acids is 1. The van der Waals surface area contributed by atoms with E-state index in [1.807, 2.05) is 0 Å². The van der Waals surface area contributed by atoms with E-state index in [1.54, 1.807) is 0 Å². The summed E-state index contributed by atoms with van der Waals surface area (Å²) in [6.45, 7) is 5.20. The van der Waals surface area contributed by atoms with Gasteiger partial charge in [0.05, 0.1) is 33.4 Å². The number of aromatic nitrogens is 1. The Balaban J connectivity index is 0.00000205. The summed E-state index contributed by atoms with van der Waals surface area (Å²) in [6, 6.07) is 4.22. The highest BCUT2D eigenvalue weighted by Gasteiger charge is 2.33. The molecule has 0 radical (unpaired) electrons. The van der Waals surface area contributed by atoms with Crippen LogP contribution in [0.2, 0.25) is 5.15 Å². The third kappa shape index (κ3) is 6.22. The van der Waals surface area contributed by atoms with Crippen LogP contribution in [0.1, 0.15) is 40.3 Å². The highest BCUT2D eigenvalue weighted by molar-refractivity contribution is 6.47. The van der Waals surface area contributed by atoms with E-state index in [2.05, 4.69) is 22.6 Å². The number of fused-ring (bicyclic) bond motifs is 1. The number of carboxylic acid groups (broad SMARTS) is 1. The third-order valence-corrected chi connectivity index (χ3v) is 6.05. The first-order valence-corrected chi connectivity index (χ1v) is 11.8. The number of hydrogen-bond acceptors (Lipinski definition) is 7. The Kier molecular flexibility index (Phi) is 8.69. The molecule has 1 atom stereocenters. The van der Waals surface area contributed by atoms with Crippen molar-refractivity contribution in [2.24, 2.45) is 5.73 Å². The van der Waals surface area contributed by atoms with Crippen molar-refractivity contribution in [1.29, 1.82) is 5.41 Å². The monoisotopic (exact) mass is 580 g/mol. The molecule has 0 saturated carbocycles. The third-order valence-electron chi connectivity index (χ3n) is 5.54. The number of hydrogen-bond donors (Lipinski definition) is 4. The molecule has 1 aliphatic rings. The van der Waals surface area contributed by atoms with Crippen molar-refractivity contribution in [3.63, 3.8) is 0 Å². The van der Waals surface area contributed by atoms with E-state index in [1.165, 1.54) is 38.3 Å². The fraction of sp³-hybridized carbons (Fsp3) is 0.154. The van der Waals surface area contributed by atoms with Gasteiger partial charge in [-0.3, -0.25) is 10.2 Å². The lowest BCUT2D eigenvalue weighted by Gasteiger charge is -2.20. The number of nitrogens with zero attached hydrogens (tertiary/aromatic N) is 1. The molecule has 0 fully saturated rings. The predicted molar refractivity (Wildman–Crippen MR) is 145 cm³/mol. The normalized spacial score (nSPS) is 14.3. The van der Waals surface area contributed by atoms with Crippen molar-refractivity contribution >= 4 is 57.1 Å². The van der Waals surface area contributed by atoms with Crippen LogP contribution in [0.4, 0.5) is 18.9 Å². The second kappa shape index (κ2) is 11.4. The average Bonchev–Trinajstić information content (AvgIpc) is 2.87. The number of halogens is 5. The van der Waals surface area contributed by atoms with Gasteiger partial charge in [0, 0.05) is 17.2 Å². The van der Waals surface area contributed by atoms with Crippen molar-refractivity contribution in [2.75, 3.05) is 12.4 Å². The molecule has 0 saturated heterocycles. The van der Waals surface area contributed by atoms with Crippen molar-refractivity contribution in [2.45, 2.75) is 19.1 Å². The molecular weight excluding hydrogens is 560 g/mol. The highest BCUT2D eigenvalue weighted by Crippen LogP contribution is 2.37. The van der Waals surface area contributed by atoms with Crippen LogP contribution in [-0.2, 0) is 6.18 Å². The van der Waals surface area contributed by atoms with Crippen LogP contribution in [0, 0.1) is 5.41 Å². The molecule has 2 aromatic heterocycles. The van der Waals surface area contributed by atoms with Gasteiger partial charge in [-0.15, -0.1) is 0 Å². The van der Waals surface area contributed by atoms with Gasteiger partial charge in [0.15, 0.2) is 11.1 Å². The minimum atomic E-state index is -4.78. The molecule has 204 valence electrons. The fourth-order valence-electron chi connectivity index (χ4n) is 3.74. The number of alkyl halides is 3. The zero-order valence-electron chi connectivity index (χ0n) is 20.4. The van der Waals surface area contributed by atoms with E-state index in [9.17, 15) is 27.9 Å². The van der Waals surface area contributed by atoms with E-state index < -0.39 is 34.9 Å². The number of aromatic carboxylic acids is 1. The zero-order chi connectivity index (χ0) is 29.2. The molecule has 0 spiro atoms. The van der Waals surface area contributed by atoms with E-state index in [4.69, 9.17) is 33.0 Å². The van der Waals surface area contributed by atoms with Crippen molar-refractivity contribution in [1.82, 2.24) is 4.98 Å². The molecular formula is C26H21Cl2F3N4O4. The van der Waals surface area contributed by atoms with Gasteiger partial charge in [-0.05, 0) is 56.0 Å². The summed E-state index contributed by atoms with van der Waals surface area (Å²) in [5.74, 6) is -1.41. The summed E-state index contributed by atoms with van der Waals surface area (Å²) in [4.78, 5) is 28.3. The molecule has 1 aliphatic carbocycles. The Morgan fingerprint density at radius 2 is 1.87 bits per heavy atom. The summed E-state index contributed by atoms with van der Waals surface area (Å²) in [5, 5.41) is 19.8. The van der Waals surface area contributed by atoms with Gasteiger partial charge in [0.1, 0.15) is 16.5 Å². The fourth-order valence-corrected chi connectivity index (χ4v) is 4.13. The Morgan fingerprint density at radius 3 is 2.46 bits per heavy atom.